The van der Waals surface area contributed by atoms with Gasteiger partial charge in [0.05, 0.1) is 39.1 Å². The molecule has 0 spiro atoms. The first kappa shape index (κ1) is 37.3. The minimum atomic E-state index is -1.05. The van der Waals surface area contributed by atoms with Crippen LogP contribution in [0, 0.1) is 0 Å². The van der Waals surface area contributed by atoms with E-state index in [0.29, 0.717) is 19.8 Å². The van der Waals surface area contributed by atoms with E-state index in [1.165, 1.54) is 0 Å². The Bertz CT molecular complexity index is 1800. The van der Waals surface area contributed by atoms with Gasteiger partial charge < -0.3 is 29.4 Å². The van der Waals surface area contributed by atoms with Crippen LogP contribution in [0.15, 0.2) is 163 Å². The van der Waals surface area contributed by atoms with Crippen molar-refractivity contribution in [3.63, 3.8) is 0 Å². The fourth-order valence-corrected chi connectivity index (χ4v) is 6.75. The molecule has 0 saturated carbocycles. The van der Waals surface area contributed by atoms with E-state index >= 15 is 0 Å². The van der Waals surface area contributed by atoms with Gasteiger partial charge in [0, 0.05) is 18.1 Å². The summed E-state index contributed by atoms with van der Waals surface area (Å²) in [5.74, 6) is 0. The zero-order valence-corrected chi connectivity index (χ0v) is 30.0. The van der Waals surface area contributed by atoms with Gasteiger partial charge in [0.1, 0.15) is 29.4 Å². The highest BCUT2D eigenvalue weighted by atomic mass is 32.1. The lowest BCUT2D eigenvalue weighted by molar-refractivity contribution is -0.193. The highest BCUT2D eigenvalue weighted by Gasteiger charge is 2.42. The first-order valence-electron chi connectivity index (χ1n) is 17.7. The number of hydrogen-bond donors (Lipinski definition) is 2. The Balaban J connectivity index is 1.37. The summed E-state index contributed by atoms with van der Waals surface area (Å²) in [4.78, 5) is 4.78. The largest absolute Gasteiger partial charge is 0.388 e. The van der Waals surface area contributed by atoms with E-state index < -0.39 is 30.5 Å². The van der Waals surface area contributed by atoms with E-state index in [2.05, 4.69) is 17.4 Å². The summed E-state index contributed by atoms with van der Waals surface area (Å²) in [6, 6.07) is 49.9. The number of aromatic nitrogens is 1. The van der Waals surface area contributed by atoms with E-state index in [-0.39, 0.29) is 19.8 Å². The molecule has 1 aromatic heterocycles. The average Bonchev–Trinajstić information content (AvgIpc) is 3.74. The molecule has 0 aliphatic carbocycles. The van der Waals surface area contributed by atoms with Gasteiger partial charge in [0.25, 0.3) is 0 Å². The third kappa shape index (κ3) is 11.5. The lowest BCUT2D eigenvalue weighted by Gasteiger charge is -2.39. The zero-order valence-electron chi connectivity index (χ0n) is 29.2. The van der Waals surface area contributed by atoms with E-state index in [4.69, 9.17) is 23.9 Å². The van der Waals surface area contributed by atoms with Gasteiger partial charge in [-0.15, -0.1) is 11.3 Å². The molecule has 0 radical (unpaired) electrons. The van der Waals surface area contributed by atoms with Crippen LogP contribution < -0.4 is 5.32 Å². The van der Waals surface area contributed by atoms with E-state index in [9.17, 15) is 5.11 Å². The predicted octanol–water partition coefficient (Wildman–Crippen LogP) is 8.31. The minimum Gasteiger partial charge on any atom is -0.388 e. The molecule has 6 aromatic rings. The summed E-state index contributed by atoms with van der Waals surface area (Å²) in [5.41, 5.74) is 5.13. The summed E-state index contributed by atoms with van der Waals surface area (Å²) in [5, 5.41) is 18.6. The van der Waals surface area contributed by atoms with Crippen LogP contribution in [0.1, 0.15) is 38.9 Å². The third-order valence-electron chi connectivity index (χ3n) is 8.70. The topological polar surface area (TPSA) is 82.1 Å². The van der Waals surface area contributed by atoms with Gasteiger partial charge in [-0.2, -0.15) is 0 Å². The molecule has 0 fully saturated rings. The monoisotopic (exact) mass is 714 g/mol. The van der Waals surface area contributed by atoms with Crippen LogP contribution >= 0.6 is 11.3 Å². The summed E-state index contributed by atoms with van der Waals surface area (Å²) in [6.45, 7) is 1.81. The number of aliphatic hydroxyl groups is 1. The van der Waals surface area contributed by atoms with E-state index in [1.54, 1.807) is 17.5 Å². The fraction of sp³-hybridized carbons (Fsp3) is 0.250. The maximum absolute atomic E-state index is 12.1. The summed E-state index contributed by atoms with van der Waals surface area (Å²) < 4.78 is 26.7. The second-order valence-corrected chi connectivity index (χ2v) is 13.5. The zero-order chi connectivity index (χ0) is 35.6. The Morgan fingerprint density at radius 2 is 0.942 bits per heavy atom. The summed E-state index contributed by atoms with van der Waals surface area (Å²) in [7, 11) is 0. The smallest absolute Gasteiger partial charge is 0.115 e. The Kier molecular flexibility index (Phi) is 14.7. The number of thiazole rings is 1. The first-order chi connectivity index (χ1) is 25.7. The molecule has 52 heavy (non-hydrogen) atoms. The Labute approximate surface area is 310 Å². The van der Waals surface area contributed by atoms with Gasteiger partial charge in [0.2, 0.25) is 0 Å². The molecule has 1 heterocycles. The average molecular weight is 715 g/mol. The molecular weight excluding hydrogens is 669 g/mol. The number of nitrogens with one attached hydrogen (secondary N) is 1. The number of aliphatic hydroxyl groups excluding tert-OH is 1. The Hall–Kier alpha value is -4.51. The molecule has 0 aliphatic heterocycles. The number of rotatable bonds is 21. The van der Waals surface area contributed by atoms with Crippen LogP contribution in [-0.4, -0.2) is 41.1 Å². The van der Waals surface area contributed by atoms with Crippen LogP contribution in [0.2, 0.25) is 0 Å². The molecular formula is C44H46N2O5S. The van der Waals surface area contributed by atoms with Crippen LogP contribution in [0.4, 0.5) is 0 Å². The Morgan fingerprint density at radius 1 is 0.519 bits per heavy atom. The van der Waals surface area contributed by atoms with Gasteiger partial charge in [-0.1, -0.05) is 152 Å². The Morgan fingerprint density at radius 3 is 1.40 bits per heavy atom. The quantitative estimate of drug-likeness (QED) is 0.0777. The lowest BCUT2D eigenvalue weighted by Crippen LogP contribution is -2.53. The van der Waals surface area contributed by atoms with Crippen molar-refractivity contribution in [3.05, 3.63) is 196 Å². The molecule has 8 heteroatoms. The van der Waals surface area contributed by atoms with Crippen molar-refractivity contribution in [1.29, 1.82) is 0 Å². The van der Waals surface area contributed by atoms with E-state index in [1.807, 2.05) is 145 Å². The molecule has 0 bridgehead atoms. The molecule has 0 saturated heterocycles. The maximum atomic E-state index is 12.1. The SMILES string of the molecule is O[C@H](COCc1ccccc1)[C@H](OCc1ccccc1)[C@H](OCc1ccccc1)[C@@H](OCc1ccccc1)[C@H](NCc1ccccc1)c1nccs1. The molecule has 0 amide bonds. The van der Waals surface area contributed by atoms with Gasteiger partial charge in [-0.05, 0) is 27.8 Å². The number of benzene rings is 5. The van der Waals surface area contributed by atoms with Crippen molar-refractivity contribution >= 4 is 11.3 Å². The highest BCUT2D eigenvalue weighted by molar-refractivity contribution is 7.09. The third-order valence-corrected chi connectivity index (χ3v) is 9.56. The van der Waals surface area contributed by atoms with Gasteiger partial charge in [-0.25, -0.2) is 4.98 Å². The van der Waals surface area contributed by atoms with Crippen molar-refractivity contribution < 1.29 is 24.1 Å². The van der Waals surface area contributed by atoms with E-state index in [0.717, 1.165) is 32.8 Å². The van der Waals surface area contributed by atoms with Gasteiger partial charge in [0.15, 0.2) is 0 Å². The molecule has 2 N–H and O–H groups in total. The van der Waals surface area contributed by atoms with Crippen molar-refractivity contribution in [2.24, 2.45) is 0 Å². The molecule has 268 valence electrons. The standard InChI is InChI=1S/C44H46N2O5S/c47-39(33-48-29-35-18-8-2-9-19-35)41(49-30-36-20-10-3-11-21-36)43(51-32-38-24-14-5-15-25-38)42(50-31-37-22-12-4-13-23-37)40(44-45-26-27-52-44)46-28-34-16-6-1-7-17-34/h1-27,39-43,46-47H,28-33H2/t39-,40+,41+,42+,43+/m1/s1. The van der Waals surface area contributed by atoms with Crippen LogP contribution in [0.25, 0.3) is 0 Å². The van der Waals surface area contributed by atoms with Gasteiger partial charge in [-0.3, -0.25) is 0 Å². The molecule has 5 atom stereocenters. The predicted molar refractivity (Wildman–Crippen MR) is 205 cm³/mol. The van der Waals surface area contributed by atoms with Crippen molar-refractivity contribution in [1.82, 2.24) is 10.3 Å². The summed E-state index contributed by atoms with van der Waals surface area (Å²) >= 11 is 1.55. The molecule has 6 rings (SSSR count). The normalized spacial score (nSPS) is 14.3. The van der Waals surface area contributed by atoms with Crippen molar-refractivity contribution in [2.75, 3.05) is 6.61 Å². The lowest BCUT2D eigenvalue weighted by atomic mass is 9.96. The first-order valence-corrected chi connectivity index (χ1v) is 18.5. The molecule has 0 unspecified atom stereocenters. The summed E-state index contributed by atoms with van der Waals surface area (Å²) in [6.07, 6.45) is -1.51. The van der Waals surface area contributed by atoms with Gasteiger partial charge >= 0.3 is 0 Å². The van der Waals surface area contributed by atoms with Crippen LogP contribution in [0.3, 0.4) is 0 Å². The second kappa shape index (κ2) is 20.5. The fourth-order valence-electron chi connectivity index (χ4n) is 6.00. The molecule has 0 aliphatic rings. The minimum absolute atomic E-state index is 0.0321. The maximum Gasteiger partial charge on any atom is 0.115 e. The second-order valence-electron chi connectivity index (χ2n) is 12.6. The molecule has 7 nitrogen and oxygen atoms in total. The van der Waals surface area contributed by atoms with Crippen LogP contribution in [-0.2, 0) is 51.9 Å². The van der Waals surface area contributed by atoms with Crippen LogP contribution in [0.5, 0.6) is 0 Å². The highest BCUT2D eigenvalue weighted by Crippen LogP contribution is 2.31. The number of ether oxygens (including phenoxy) is 4. The number of hydrogen-bond acceptors (Lipinski definition) is 8. The van der Waals surface area contributed by atoms with Crippen molar-refractivity contribution in [3.8, 4) is 0 Å². The number of nitrogens with zero attached hydrogens (tertiary/aromatic N) is 1. The van der Waals surface area contributed by atoms with Crippen molar-refractivity contribution in [2.45, 2.75) is 63.4 Å². The molecule has 5 aromatic carbocycles.